The van der Waals surface area contributed by atoms with Gasteiger partial charge in [0.25, 0.3) is 0 Å². The minimum absolute atomic E-state index is 0.0374. The molecule has 0 amide bonds. The molecule has 0 bridgehead atoms. The van der Waals surface area contributed by atoms with Crippen molar-refractivity contribution in [2.75, 3.05) is 0 Å². The molecule has 0 nitrogen and oxygen atoms in total. The Bertz CT molecular complexity index is 998. The molecule has 0 spiro atoms. The average molecular weight is 388 g/mol. The van der Waals surface area contributed by atoms with Gasteiger partial charge in [-0.3, -0.25) is 0 Å². The number of alkyl halides is 3. The third kappa shape index (κ3) is 4.66. The molecule has 0 radical (unpaired) electrons. The van der Waals surface area contributed by atoms with E-state index in [2.05, 4.69) is 0 Å². The summed E-state index contributed by atoms with van der Waals surface area (Å²) >= 11 is 0. The second kappa shape index (κ2) is 7.97. The van der Waals surface area contributed by atoms with Crippen LogP contribution in [-0.4, -0.2) is 6.18 Å². The summed E-state index contributed by atoms with van der Waals surface area (Å²) in [5.41, 5.74) is 2.95. The molecule has 0 fully saturated rings. The highest BCUT2D eigenvalue weighted by molar-refractivity contribution is 5.72. The first-order chi connectivity index (χ1) is 13.3. The van der Waals surface area contributed by atoms with E-state index < -0.39 is 17.8 Å². The van der Waals surface area contributed by atoms with Gasteiger partial charge in [-0.25, -0.2) is 8.78 Å². The number of hydrogen-bond acceptors (Lipinski definition) is 0. The molecule has 28 heavy (non-hydrogen) atoms. The average Bonchev–Trinajstić information content (AvgIpc) is 2.66. The predicted octanol–water partition coefficient (Wildman–Crippen LogP) is 7.44. The van der Waals surface area contributed by atoms with Crippen LogP contribution in [0.25, 0.3) is 28.3 Å². The lowest BCUT2D eigenvalue weighted by Gasteiger charge is -2.09. The van der Waals surface area contributed by atoms with Crippen LogP contribution >= 0.6 is 0 Å². The van der Waals surface area contributed by atoms with Crippen molar-refractivity contribution in [1.29, 1.82) is 0 Å². The highest BCUT2D eigenvalue weighted by Gasteiger charge is 2.22. The minimum atomic E-state index is -4.53. The van der Waals surface area contributed by atoms with Crippen molar-refractivity contribution in [2.24, 2.45) is 0 Å². The summed E-state index contributed by atoms with van der Waals surface area (Å²) in [6, 6.07) is 16.0. The van der Waals surface area contributed by atoms with E-state index in [1.807, 2.05) is 31.2 Å². The molecule has 3 rings (SSSR count). The Morgan fingerprint density at radius 1 is 0.750 bits per heavy atom. The van der Waals surface area contributed by atoms with Crippen molar-refractivity contribution in [3.63, 3.8) is 0 Å². The zero-order valence-corrected chi connectivity index (χ0v) is 15.0. The van der Waals surface area contributed by atoms with Gasteiger partial charge in [-0.2, -0.15) is 13.2 Å². The lowest BCUT2D eigenvalue weighted by atomic mass is 9.98. The smallest absolute Gasteiger partial charge is 0.206 e. The van der Waals surface area contributed by atoms with Crippen molar-refractivity contribution in [3.8, 4) is 22.3 Å². The van der Waals surface area contributed by atoms with Crippen LogP contribution in [0.2, 0.25) is 0 Å². The first-order valence-corrected chi connectivity index (χ1v) is 8.71. The quantitative estimate of drug-likeness (QED) is 0.408. The second-order valence-corrected chi connectivity index (χ2v) is 6.36. The van der Waals surface area contributed by atoms with Gasteiger partial charge < -0.3 is 0 Å². The Labute approximate surface area is 160 Å². The van der Waals surface area contributed by atoms with E-state index in [-0.39, 0.29) is 22.8 Å². The van der Waals surface area contributed by atoms with E-state index in [1.165, 1.54) is 23.8 Å². The van der Waals surface area contributed by atoms with Crippen LogP contribution in [0, 0.1) is 11.6 Å². The molecular formula is C23H17F5. The Morgan fingerprint density at radius 2 is 1.36 bits per heavy atom. The molecule has 0 aliphatic carbocycles. The van der Waals surface area contributed by atoms with Crippen LogP contribution < -0.4 is 0 Å². The van der Waals surface area contributed by atoms with E-state index in [0.29, 0.717) is 11.6 Å². The maximum Gasteiger partial charge on any atom is 0.409 e. The monoisotopic (exact) mass is 388 g/mol. The molecule has 0 aliphatic heterocycles. The van der Waals surface area contributed by atoms with Crippen molar-refractivity contribution in [3.05, 3.63) is 89.5 Å². The van der Waals surface area contributed by atoms with Crippen molar-refractivity contribution in [2.45, 2.75) is 19.5 Å². The maximum atomic E-state index is 14.6. The summed E-state index contributed by atoms with van der Waals surface area (Å²) in [6.45, 7) is 2.05. The molecule has 0 heterocycles. The van der Waals surface area contributed by atoms with E-state index in [4.69, 9.17) is 0 Å². The van der Waals surface area contributed by atoms with Gasteiger partial charge in [-0.1, -0.05) is 55.5 Å². The number of hydrogen-bond donors (Lipinski definition) is 0. The SMILES string of the molecule is CCc1ccc(-c2ccc(-c3ccc(C=CC(F)(F)F)c(F)c3)c(F)c2)cc1. The van der Waals surface area contributed by atoms with Gasteiger partial charge in [-0.15, -0.1) is 0 Å². The van der Waals surface area contributed by atoms with Gasteiger partial charge in [0.05, 0.1) is 0 Å². The van der Waals surface area contributed by atoms with Crippen LogP contribution in [0.15, 0.2) is 66.7 Å². The zero-order valence-electron chi connectivity index (χ0n) is 15.0. The van der Waals surface area contributed by atoms with Crippen molar-refractivity contribution >= 4 is 6.08 Å². The fraction of sp³-hybridized carbons (Fsp3) is 0.130. The molecule has 5 heteroatoms. The fourth-order valence-corrected chi connectivity index (χ4v) is 2.88. The molecule has 0 atom stereocenters. The second-order valence-electron chi connectivity index (χ2n) is 6.36. The van der Waals surface area contributed by atoms with Crippen LogP contribution in [0.3, 0.4) is 0 Å². The van der Waals surface area contributed by atoms with Crippen LogP contribution in [0.1, 0.15) is 18.1 Å². The minimum Gasteiger partial charge on any atom is -0.206 e. The lowest BCUT2D eigenvalue weighted by molar-refractivity contribution is -0.0790. The Balaban J connectivity index is 1.89. The number of halogens is 5. The van der Waals surface area contributed by atoms with E-state index in [9.17, 15) is 22.0 Å². The molecule has 0 unspecified atom stereocenters. The summed E-state index contributed by atoms with van der Waals surface area (Å²) in [7, 11) is 0. The first kappa shape index (κ1) is 19.8. The summed E-state index contributed by atoms with van der Waals surface area (Å²) < 4.78 is 65.4. The molecule has 144 valence electrons. The summed E-state index contributed by atoms with van der Waals surface area (Å²) in [5, 5.41) is 0. The highest BCUT2D eigenvalue weighted by Crippen LogP contribution is 2.30. The van der Waals surface area contributed by atoms with Crippen LogP contribution in [-0.2, 0) is 6.42 Å². The third-order valence-electron chi connectivity index (χ3n) is 4.43. The Hall–Kier alpha value is -2.95. The number of rotatable bonds is 4. The fourth-order valence-electron chi connectivity index (χ4n) is 2.88. The molecule has 3 aromatic rings. The van der Waals surface area contributed by atoms with Crippen LogP contribution in [0.5, 0.6) is 0 Å². The van der Waals surface area contributed by atoms with E-state index >= 15 is 0 Å². The predicted molar refractivity (Wildman–Crippen MR) is 102 cm³/mol. The largest absolute Gasteiger partial charge is 0.409 e. The molecule has 3 aromatic carbocycles. The van der Waals surface area contributed by atoms with Crippen LogP contribution in [0.4, 0.5) is 22.0 Å². The van der Waals surface area contributed by atoms with Gasteiger partial charge in [0.1, 0.15) is 11.6 Å². The van der Waals surface area contributed by atoms with Crippen molar-refractivity contribution < 1.29 is 22.0 Å². The summed E-state index contributed by atoms with van der Waals surface area (Å²) in [6.07, 6.45) is -3.00. The molecular weight excluding hydrogens is 371 g/mol. The summed E-state index contributed by atoms with van der Waals surface area (Å²) in [4.78, 5) is 0. The number of benzene rings is 3. The van der Waals surface area contributed by atoms with E-state index in [0.717, 1.165) is 18.1 Å². The molecule has 0 saturated heterocycles. The highest BCUT2D eigenvalue weighted by atomic mass is 19.4. The Kier molecular flexibility index (Phi) is 5.63. The number of allylic oxidation sites excluding steroid dienone is 1. The zero-order chi connectivity index (χ0) is 20.3. The van der Waals surface area contributed by atoms with Gasteiger partial charge in [-0.05, 0) is 46.9 Å². The van der Waals surface area contributed by atoms with Gasteiger partial charge in [0.2, 0.25) is 0 Å². The molecule has 0 saturated carbocycles. The first-order valence-electron chi connectivity index (χ1n) is 8.71. The molecule has 0 N–H and O–H groups in total. The Morgan fingerprint density at radius 3 is 1.93 bits per heavy atom. The number of aryl methyl sites for hydroxylation is 1. The van der Waals surface area contributed by atoms with E-state index in [1.54, 1.807) is 12.1 Å². The standard InChI is InChI=1S/C23H17F5/c1-2-15-3-5-16(6-4-15)18-9-10-20(22(25)13-18)19-8-7-17(21(24)14-19)11-12-23(26,27)28/h3-14H,2H2,1H3. The molecule has 0 aromatic heterocycles. The topological polar surface area (TPSA) is 0 Å². The summed E-state index contributed by atoms with van der Waals surface area (Å²) in [5.74, 6) is -1.38. The van der Waals surface area contributed by atoms with Gasteiger partial charge in [0.15, 0.2) is 0 Å². The van der Waals surface area contributed by atoms with Crippen molar-refractivity contribution in [1.82, 2.24) is 0 Å². The third-order valence-corrected chi connectivity index (χ3v) is 4.43. The van der Waals surface area contributed by atoms with Gasteiger partial charge >= 0.3 is 6.18 Å². The lowest BCUT2D eigenvalue weighted by Crippen LogP contribution is -2.00. The normalized spacial score (nSPS) is 11.9. The maximum absolute atomic E-state index is 14.6. The van der Waals surface area contributed by atoms with Gasteiger partial charge in [0, 0.05) is 17.2 Å². The molecule has 0 aliphatic rings.